The van der Waals surface area contributed by atoms with E-state index in [0.717, 1.165) is 31.7 Å². The molecule has 4 rings (SSSR count). The van der Waals surface area contributed by atoms with Crippen LogP contribution in [0.15, 0.2) is 36.5 Å². The Morgan fingerprint density at radius 3 is 2.83 bits per heavy atom. The Morgan fingerprint density at radius 1 is 1.28 bits per heavy atom. The maximum absolute atomic E-state index is 12.2. The fourth-order valence-electron chi connectivity index (χ4n) is 3.90. The number of nitrogens with zero attached hydrogens (tertiary/aromatic N) is 4. The molecule has 1 unspecified atom stereocenters. The van der Waals surface area contributed by atoms with Crippen LogP contribution in [0.1, 0.15) is 25.8 Å². The second-order valence-electron chi connectivity index (χ2n) is 8.10. The molecule has 2 fully saturated rings. The Labute approximate surface area is 171 Å². The Balaban J connectivity index is 1.38. The highest BCUT2D eigenvalue weighted by atomic mass is 16.6. The average molecular weight is 396 g/mol. The number of carbonyl (C=O) groups excluding carboxylic acids is 1. The first-order valence-corrected chi connectivity index (χ1v) is 10.1. The standard InChI is InChI=1S/C21H28N6O2/c1-14(2)18-13-29-21(28)27(18)19-7-9-23-20(25-19)24-17-8-10-26(12-17)11-15-3-5-16(22)6-4-15/h3-7,9,14,17-18H,8,10-13,22H2,1-2H3,(H,23,24,25)/t17?,18-/m1/s1. The quantitative estimate of drug-likeness (QED) is 0.725. The molecule has 0 bridgehead atoms. The maximum atomic E-state index is 12.2. The third kappa shape index (κ3) is 4.42. The van der Waals surface area contributed by atoms with E-state index in [4.69, 9.17) is 10.5 Å². The van der Waals surface area contributed by atoms with Crippen LogP contribution in [0, 0.1) is 5.92 Å². The number of cyclic esters (lactones) is 1. The second-order valence-corrected chi connectivity index (χ2v) is 8.10. The summed E-state index contributed by atoms with van der Waals surface area (Å²) in [4.78, 5) is 25.2. The van der Waals surface area contributed by atoms with Crippen LogP contribution in [-0.2, 0) is 11.3 Å². The lowest BCUT2D eigenvalue weighted by Crippen LogP contribution is -2.38. The van der Waals surface area contributed by atoms with E-state index in [9.17, 15) is 4.79 Å². The summed E-state index contributed by atoms with van der Waals surface area (Å²) in [6.45, 7) is 7.37. The van der Waals surface area contributed by atoms with Crippen molar-refractivity contribution in [3.05, 3.63) is 42.1 Å². The van der Waals surface area contributed by atoms with Gasteiger partial charge in [-0.05, 0) is 36.1 Å². The molecule has 2 atom stereocenters. The van der Waals surface area contributed by atoms with Crippen LogP contribution < -0.4 is 16.0 Å². The van der Waals surface area contributed by atoms with E-state index in [1.165, 1.54) is 5.56 Å². The topological polar surface area (TPSA) is 96.6 Å². The minimum absolute atomic E-state index is 0.00729. The van der Waals surface area contributed by atoms with E-state index in [-0.39, 0.29) is 24.1 Å². The molecule has 29 heavy (non-hydrogen) atoms. The van der Waals surface area contributed by atoms with Gasteiger partial charge in [-0.3, -0.25) is 9.80 Å². The molecule has 1 aromatic heterocycles. The predicted molar refractivity (Wildman–Crippen MR) is 113 cm³/mol. The predicted octanol–water partition coefficient (Wildman–Crippen LogP) is 2.73. The van der Waals surface area contributed by atoms with Crippen LogP contribution in [0.2, 0.25) is 0 Å². The number of nitrogen functional groups attached to an aromatic ring is 1. The van der Waals surface area contributed by atoms with E-state index in [1.807, 2.05) is 12.1 Å². The number of hydrogen-bond acceptors (Lipinski definition) is 7. The molecule has 0 spiro atoms. The second kappa shape index (κ2) is 8.24. The molecule has 0 radical (unpaired) electrons. The molecule has 0 aliphatic carbocycles. The van der Waals surface area contributed by atoms with Gasteiger partial charge in [-0.25, -0.2) is 9.78 Å². The summed E-state index contributed by atoms with van der Waals surface area (Å²) in [5.41, 5.74) is 7.80. The number of nitrogens with one attached hydrogen (secondary N) is 1. The number of benzene rings is 1. The highest BCUT2D eigenvalue weighted by Gasteiger charge is 2.37. The molecule has 2 saturated heterocycles. The zero-order chi connectivity index (χ0) is 20.4. The fourth-order valence-corrected chi connectivity index (χ4v) is 3.90. The van der Waals surface area contributed by atoms with Gasteiger partial charge in [0.2, 0.25) is 5.95 Å². The van der Waals surface area contributed by atoms with Gasteiger partial charge in [0.1, 0.15) is 12.4 Å². The van der Waals surface area contributed by atoms with Crippen LogP contribution in [0.3, 0.4) is 0 Å². The van der Waals surface area contributed by atoms with Crippen molar-refractivity contribution in [3.63, 3.8) is 0 Å². The lowest BCUT2D eigenvalue weighted by atomic mass is 10.0. The van der Waals surface area contributed by atoms with Crippen molar-refractivity contribution in [2.24, 2.45) is 5.92 Å². The summed E-state index contributed by atoms with van der Waals surface area (Å²) in [6.07, 6.45) is 2.36. The van der Waals surface area contributed by atoms with Crippen molar-refractivity contribution in [1.82, 2.24) is 14.9 Å². The Kier molecular flexibility index (Phi) is 5.53. The van der Waals surface area contributed by atoms with Crippen LogP contribution >= 0.6 is 0 Å². The van der Waals surface area contributed by atoms with Gasteiger partial charge in [-0.1, -0.05) is 26.0 Å². The van der Waals surface area contributed by atoms with Crippen molar-refractivity contribution < 1.29 is 9.53 Å². The van der Waals surface area contributed by atoms with Crippen LogP contribution in [0.5, 0.6) is 0 Å². The third-order valence-corrected chi connectivity index (χ3v) is 5.55. The van der Waals surface area contributed by atoms with Crippen molar-refractivity contribution >= 4 is 23.5 Å². The molecule has 8 nitrogen and oxygen atoms in total. The lowest BCUT2D eigenvalue weighted by Gasteiger charge is -2.23. The molecule has 2 aromatic rings. The van der Waals surface area contributed by atoms with Gasteiger partial charge in [-0.2, -0.15) is 4.98 Å². The average Bonchev–Trinajstić information content (AvgIpc) is 3.30. The van der Waals surface area contributed by atoms with Gasteiger partial charge in [0.05, 0.1) is 6.04 Å². The Bertz CT molecular complexity index is 857. The van der Waals surface area contributed by atoms with Crippen molar-refractivity contribution in [3.8, 4) is 0 Å². The van der Waals surface area contributed by atoms with E-state index >= 15 is 0 Å². The lowest BCUT2D eigenvalue weighted by molar-refractivity contribution is 0.177. The van der Waals surface area contributed by atoms with Crippen LogP contribution in [-0.4, -0.2) is 52.7 Å². The number of nitrogens with two attached hydrogens (primary N) is 1. The Morgan fingerprint density at radius 2 is 2.07 bits per heavy atom. The number of anilines is 3. The summed E-state index contributed by atoms with van der Waals surface area (Å²) in [6, 6.07) is 10.0. The zero-order valence-electron chi connectivity index (χ0n) is 16.9. The summed E-state index contributed by atoms with van der Waals surface area (Å²) < 4.78 is 5.24. The first kappa shape index (κ1) is 19.4. The first-order valence-electron chi connectivity index (χ1n) is 10.1. The number of likely N-dealkylation sites (tertiary alicyclic amines) is 1. The molecule has 3 heterocycles. The highest BCUT2D eigenvalue weighted by molar-refractivity contribution is 5.89. The van der Waals surface area contributed by atoms with Crippen molar-refractivity contribution in [1.29, 1.82) is 0 Å². The monoisotopic (exact) mass is 396 g/mol. The van der Waals surface area contributed by atoms with Crippen LogP contribution in [0.25, 0.3) is 0 Å². The number of amides is 1. The number of hydrogen-bond donors (Lipinski definition) is 2. The number of aromatic nitrogens is 2. The van der Waals surface area contributed by atoms with Gasteiger partial charge in [0, 0.05) is 37.6 Å². The first-order chi connectivity index (χ1) is 14.0. The molecule has 154 valence electrons. The van der Waals surface area contributed by atoms with Crippen molar-refractivity contribution in [2.45, 2.75) is 38.9 Å². The van der Waals surface area contributed by atoms with Crippen molar-refractivity contribution in [2.75, 3.05) is 35.6 Å². The van der Waals surface area contributed by atoms with Crippen LogP contribution in [0.4, 0.5) is 22.2 Å². The molecule has 2 aliphatic rings. The number of ether oxygens (including phenoxy) is 1. The van der Waals surface area contributed by atoms with E-state index in [2.05, 4.69) is 46.2 Å². The summed E-state index contributed by atoms with van der Waals surface area (Å²) in [7, 11) is 0. The van der Waals surface area contributed by atoms with E-state index < -0.39 is 0 Å². The minimum atomic E-state index is -0.344. The SMILES string of the molecule is CC(C)[C@H]1COC(=O)N1c1ccnc(NC2CCN(Cc3ccc(N)cc3)C2)n1. The van der Waals surface area contributed by atoms with Gasteiger partial charge in [-0.15, -0.1) is 0 Å². The molecular weight excluding hydrogens is 368 g/mol. The molecule has 0 saturated carbocycles. The highest BCUT2D eigenvalue weighted by Crippen LogP contribution is 2.26. The van der Waals surface area contributed by atoms with Gasteiger partial charge in [0.25, 0.3) is 0 Å². The number of rotatable bonds is 6. The molecule has 2 aliphatic heterocycles. The molecule has 1 aromatic carbocycles. The van der Waals surface area contributed by atoms with Gasteiger partial charge < -0.3 is 15.8 Å². The Hall–Kier alpha value is -2.87. The maximum Gasteiger partial charge on any atom is 0.415 e. The number of carbonyl (C=O) groups is 1. The molecule has 1 amide bonds. The summed E-state index contributed by atoms with van der Waals surface area (Å²) in [5, 5.41) is 3.43. The van der Waals surface area contributed by atoms with E-state index in [1.54, 1.807) is 17.2 Å². The molecular formula is C21H28N6O2. The molecule has 3 N–H and O–H groups in total. The normalized spacial score (nSPS) is 22.3. The third-order valence-electron chi connectivity index (χ3n) is 5.55. The zero-order valence-corrected chi connectivity index (χ0v) is 16.9. The largest absolute Gasteiger partial charge is 0.447 e. The van der Waals surface area contributed by atoms with Gasteiger partial charge in [0.15, 0.2) is 0 Å². The summed E-state index contributed by atoms with van der Waals surface area (Å²) in [5.74, 6) is 1.41. The molecule has 8 heteroatoms. The minimum Gasteiger partial charge on any atom is -0.447 e. The van der Waals surface area contributed by atoms with E-state index in [0.29, 0.717) is 18.4 Å². The smallest absolute Gasteiger partial charge is 0.415 e. The fraction of sp³-hybridized carbons (Fsp3) is 0.476. The van der Waals surface area contributed by atoms with Gasteiger partial charge >= 0.3 is 6.09 Å². The summed E-state index contributed by atoms with van der Waals surface area (Å²) >= 11 is 0.